The molecule has 0 atom stereocenters. The molecule has 0 aliphatic heterocycles. The second-order valence-corrected chi connectivity index (χ2v) is 3.29. The van der Waals surface area contributed by atoms with Crippen molar-refractivity contribution in [1.82, 2.24) is 0 Å². The SMILES string of the molecule is C/C=C\C1=C(/C=C\C=C\C)CCC1. The van der Waals surface area contributed by atoms with Gasteiger partial charge in [0.05, 0.1) is 0 Å². The molecule has 0 radical (unpaired) electrons. The molecule has 1 aliphatic rings. The van der Waals surface area contributed by atoms with Crippen molar-refractivity contribution in [1.29, 1.82) is 0 Å². The maximum atomic E-state index is 2.24. The van der Waals surface area contributed by atoms with Crippen LogP contribution in [-0.4, -0.2) is 0 Å². The third-order valence-corrected chi connectivity index (χ3v) is 2.27. The Hall–Kier alpha value is -1.04. The molecule has 0 aromatic heterocycles. The van der Waals surface area contributed by atoms with Gasteiger partial charge < -0.3 is 0 Å². The Morgan fingerprint density at radius 1 is 0.846 bits per heavy atom. The normalized spacial score (nSPS) is 18.9. The molecule has 70 valence electrons. The van der Waals surface area contributed by atoms with Crippen LogP contribution in [0.5, 0.6) is 0 Å². The zero-order valence-electron chi connectivity index (χ0n) is 8.59. The van der Waals surface area contributed by atoms with Gasteiger partial charge in [0.25, 0.3) is 0 Å². The predicted octanol–water partition coefficient (Wildman–Crippen LogP) is 4.18. The van der Waals surface area contributed by atoms with E-state index in [1.807, 2.05) is 6.92 Å². The summed E-state index contributed by atoms with van der Waals surface area (Å²) < 4.78 is 0. The highest BCUT2D eigenvalue weighted by molar-refractivity contribution is 5.37. The smallest absolute Gasteiger partial charge is 0.0273 e. The molecule has 0 aromatic rings. The van der Waals surface area contributed by atoms with Crippen LogP contribution >= 0.6 is 0 Å². The summed E-state index contributed by atoms with van der Waals surface area (Å²) in [6.07, 6.45) is 16.7. The van der Waals surface area contributed by atoms with Crippen LogP contribution in [0.3, 0.4) is 0 Å². The fraction of sp³-hybridized carbons (Fsp3) is 0.385. The van der Waals surface area contributed by atoms with Gasteiger partial charge in [-0.2, -0.15) is 0 Å². The first-order chi connectivity index (χ1) is 6.38. The van der Waals surface area contributed by atoms with E-state index in [1.54, 1.807) is 0 Å². The van der Waals surface area contributed by atoms with Crippen LogP contribution < -0.4 is 0 Å². The van der Waals surface area contributed by atoms with Crippen LogP contribution in [-0.2, 0) is 0 Å². The van der Waals surface area contributed by atoms with E-state index < -0.39 is 0 Å². The Labute approximate surface area is 81.4 Å². The van der Waals surface area contributed by atoms with Crippen LogP contribution in [0.25, 0.3) is 0 Å². The zero-order chi connectivity index (χ0) is 9.52. The van der Waals surface area contributed by atoms with Crippen molar-refractivity contribution in [2.24, 2.45) is 0 Å². The van der Waals surface area contributed by atoms with Gasteiger partial charge in [-0.25, -0.2) is 0 Å². The van der Waals surface area contributed by atoms with Gasteiger partial charge >= 0.3 is 0 Å². The first-order valence-electron chi connectivity index (χ1n) is 5.02. The van der Waals surface area contributed by atoms with Gasteiger partial charge in [0.2, 0.25) is 0 Å². The Balaban J connectivity index is 2.70. The van der Waals surface area contributed by atoms with Crippen LogP contribution in [0.15, 0.2) is 47.6 Å². The number of hydrogen-bond donors (Lipinski definition) is 0. The molecule has 0 bridgehead atoms. The highest BCUT2D eigenvalue weighted by Gasteiger charge is 2.08. The average Bonchev–Trinajstić information content (AvgIpc) is 2.54. The van der Waals surface area contributed by atoms with Crippen molar-refractivity contribution in [3.63, 3.8) is 0 Å². The van der Waals surface area contributed by atoms with E-state index >= 15 is 0 Å². The largest absolute Gasteiger partial charge is 0.0877 e. The average molecular weight is 174 g/mol. The molecule has 0 heteroatoms. The Bertz CT molecular complexity index is 262. The lowest BCUT2D eigenvalue weighted by molar-refractivity contribution is 0.906. The molecular formula is C13H18. The molecule has 0 heterocycles. The van der Waals surface area contributed by atoms with Gasteiger partial charge in [0.1, 0.15) is 0 Å². The molecule has 0 amide bonds. The standard InChI is InChI=1S/C13H18/c1-3-5-6-9-13-11-7-10-12(13)8-4-2/h3-6,8-9H,7,10-11H2,1-2H3/b5-3+,8-4-,9-6-. The molecule has 0 saturated heterocycles. The molecule has 0 N–H and O–H groups in total. The molecule has 1 rings (SSSR count). The van der Waals surface area contributed by atoms with Gasteiger partial charge in [0, 0.05) is 0 Å². The third kappa shape index (κ3) is 3.06. The summed E-state index contributed by atoms with van der Waals surface area (Å²) in [6.45, 7) is 4.12. The van der Waals surface area contributed by atoms with Crippen molar-refractivity contribution < 1.29 is 0 Å². The molecule has 1 aliphatic carbocycles. The van der Waals surface area contributed by atoms with Crippen molar-refractivity contribution in [2.45, 2.75) is 33.1 Å². The predicted molar refractivity (Wildman–Crippen MR) is 59.6 cm³/mol. The second-order valence-electron chi connectivity index (χ2n) is 3.29. The summed E-state index contributed by atoms with van der Waals surface area (Å²) in [6, 6.07) is 0. The Morgan fingerprint density at radius 3 is 2.15 bits per heavy atom. The molecule has 0 aromatic carbocycles. The van der Waals surface area contributed by atoms with Gasteiger partial charge in [0.15, 0.2) is 0 Å². The summed E-state index contributed by atoms with van der Waals surface area (Å²) in [5.41, 5.74) is 3.03. The second kappa shape index (κ2) is 5.58. The quantitative estimate of drug-likeness (QED) is 0.563. The molecule has 0 spiro atoms. The minimum Gasteiger partial charge on any atom is -0.0877 e. The van der Waals surface area contributed by atoms with Crippen molar-refractivity contribution >= 4 is 0 Å². The van der Waals surface area contributed by atoms with Crippen LogP contribution in [0.2, 0.25) is 0 Å². The number of allylic oxidation sites excluding steroid dienone is 8. The summed E-state index contributed by atoms with van der Waals surface area (Å²) in [4.78, 5) is 0. The lowest BCUT2D eigenvalue weighted by Crippen LogP contribution is -1.74. The highest BCUT2D eigenvalue weighted by atomic mass is 14.1. The maximum absolute atomic E-state index is 2.24. The third-order valence-electron chi connectivity index (χ3n) is 2.27. The lowest BCUT2D eigenvalue weighted by Gasteiger charge is -1.94. The molecule has 0 unspecified atom stereocenters. The van der Waals surface area contributed by atoms with Gasteiger partial charge in [-0.1, -0.05) is 36.5 Å². The minimum atomic E-state index is 1.24. The van der Waals surface area contributed by atoms with Crippen LogP contribution in [0, 0.1) is 0 Å². The van der Waals surface area contributed by atoms with Gasteiger partial charge in [-0.3, -0.25) is 0 Å². The number of hydrogen-bond acceptors (Lipinski definition) is 0. The molecule has 13 heavy (non-hydrogen) atoms. The fourth-order valence-corrected chi connectivity index (χ4v) is 1.66. The highest BCUT2D eigenvalue weighted by Crippen LogP contribution is 2.27. The summed E-state index contributed by atoms with van der Waals surface area (Å²) in [7, 11) is 0. The van der Waals surface area contributed by atoms with Gasteiger partial charge in [-0.15, -0.1) is 0 Å². The fourth-order valence-electron chi connectivity index (χ4n) is 1.66. The van der Waals surface area contributed by atoms with E-state index in [2.05, 4.69) is 43.4 Å². The molecule has 0 saturated carbocycles. The van der Waals surface area contributed by atoms with Crippen LogP contribution in [0.4, 0.5) is 0 Å². The van der Waals surface area contributed by atoms with E-state index in [4.69, 9.17) is 0 Å². The number of rotatable bonds is 3. The van der Waals surface area contributed by atoms with Crippen LogP contribution in [0.1, 0.15) is 33.1 Å². The van der Waals surface area contributed by atoms with E-state index in [0.717, 1.165) is 0 Å². The molecule has 0 nitrogen and oxygen atoms in total. The summed E-state index contributed by atoms with van der Waals surface area (Å²) in [5.74, 6) is 0. The first-order valence-corrected chi connectivity index (χ1v) is 5.02. The van der Waals surface area contributed by atoms with E-state index in [-0.39, 0.29) is 0 Å². The van der Waals surface area contributed by atoms with Crippen molar-refractivity contribution in [3.8, 4) is 0 Å². The van der Waals surface area contributed by atoms with Crippen molar-refractivity contribution in [2.75, 3.05) is 0 Å². The minimum absolute atomic E-state index is 1.24. The Morgan fingerprint density at radius 2 is 1.54 bits per heavy atom. The van der Waals surface area contributed by atoms with Gasteiger partial charge in [-0.05, 0) is 44.3 Å². The summed E-state index contributed by atoms with van der Waals surface area (Å²) >= 11 is 0. The lowest BCUT2D eigenvalue weighted by atomic mass is 10.1. The summed E-state index contributed by atoms with van der Waals surface area (Å²) in [5, 5.41) is 0. The molecule has 0 fully saturated rings. The maximum Gasteiger partial charge on any atom is -0.0273 e. The monoisotopic (exact) mass is 174 g/mol. The van der Waals surface area contributed by atoms with E-state index in [0.29, 0.717) is 0 Å². The Kier molecular flexibility index (Phi) is 4.31. The zero-order valence-corrected chi connectivity index (χ0v) is 8.59. The van der Waals surface area contributed by atoms with E-state index in [1.165, 1.54) is 30.4 Å². The molecular weight excluding hydrogens is 156 g/mol. The van der Waals surface area contributed by atoms with Crippen molar-refractivity contribution in [3.05, 3.63) is 47.6 Å². The van der Waals surface area contributed by atoms with E-state index in [9.17, 15) is 0 Å². The topological polar surface area (TPSA) is 0 Å². The first kappa shape index (κ1) is 10.0.